The Morgan fingerprint density at radius 1 is 1.21 bits per heavy atom. The summed E-state index contributed by atoms with van der Waals surface area (Å²) >= 11 is 1.15. The van der Waals surface area contributed by atoms with E-state index in [1.54, 1.807) is 17.5 Å². The van der Waals surface area contributed by atoms with Gasteiger partial charge in [-0.25, -0.2) is 17.8 Å². The lowest BCUT2D eigenvalue weighted by Crippen LogP contribution is -2.16. The van der Waals surface area contributed by atoms with Crippen LogP contribution in [0.25, 0.3) is 5.57 Å². The highest BCUT2D eigenvalue weighted by molar-refractivity contribution is 7.92. The van der Waals surface area contributed by atoms with Gasteiger partial charge in [-0.1, -0.05) is 12.1 Å². The van der Waals surface area contributed by atoms with Gasteiger partial charge in [0.15, 0.2) is 15.0 Å². The van der Waals surface area contributed by atoms with Crippen LogP contribution in [0.1, 0.15) is 67.7 Å². The first-order chi connectivity index (χ1) is 15.8. The van der Waals surface area contributed by atoms with Crippen LogP contribution in [-0.2, 0) is 26.1 Å². The van der Waals surface area contributed by atoms with Crippen LogP contribution in [-0.4, -0.2) is 30.3 Å². The molecule has 3 aliphatic rings. The highest BCUT2D eigenvalue weighted by Crippen LogP contribution is 2.46. The van der Waals surface area contributed by atoms with Crippen LogP contribution in [0.15, 0.2) is 34.6 Å². The SMILES string of the molecule is O=C1CC[C@H](C=C(C(=O)Nc2nc(CF)cs2)c2ccc(S(=O)(=O)C3CC3)c(C3CC3)c2)C1. The van der Waals surface area contributed by atoms with E-state index in [0.717, 1.165) is 29.7 Å². The van der Waals surface area contributed by atoms with E-state index in [4.69, 9.17) is 0 Å². The van der Waals surface area contributed by atoms with Crippen molar-refractivity contribution in [2.75, 3.05) is 5.32 Å². The standard InChI is InChI=1S/C24H25FN2O4S2/c25-12-17-13-32-24(26-17)27-23(29)21(10-14-1-5-18(28)9-14)16-4-8-22(20(11-16)15-2-3-15)33(30,31)19-6-7-19/h4,8,10-11,13-15,19H,1-3,5-7,9,12H2,(H,26,27,29)/t14-/m0/s1. The molecule has 0 saturated heterocycles. The summed E-state index contributed by atoms with van der Waals surface area (Å²) in [6, 6.07) is 5.17. The molecule has 0 unspecified atom stereocenters. The lowest BCUT2D eigenvalue weighted by Gasteiger charge is -2.15. The van der Waals surface area contributed by atoms with Gasteiger partial charge in [-0.3, -0.25) is 14.9 Å². The lowest BCUT2D eigenvalue weighted by molar-refractivity contribution is -0.117. The fourth-order valence-electron chi connectivity index (χ4n) is 4.36. The van der Waals surface area contributed by atoms with E-state index in [1.807, 2.05) is 12.1 Å². The molecule has 0 aliphatic heterocycles. The zero-order chi connectivity index (χ0) is 23.2. The number of nitrogens with one attached hydrogen (secondary N) is 1. The molecule has 3 saturated carbocycles. The highest BCUT2D eigenvalue weighted by Gasteiger charge is 2.40. The molecule has 33 heavy (non-hydrogen) atoms. The molecule has 0 spiro atoms. The smallest absolute Gasteiger partial charge is 0.257 e. The quantitative estimate of drug-likeness (QED) is 0.538. The number of anilines is 1. The first kappa shape index (κ1) is 22.4. The third kappa shape index (κ3) is 4.80. The van der Waals surface area contributed by atoms with Crippen LogP contribution in [0.3, 0.4) is 0 Å². The van der Waals surface area contributed by atoms with Crippen molar-refractivity contribution < 1.29 is 22.4 Å². The Labute approximate surface area is 196 Å². The van der Waals surface area contributed by atoms with Gasteiger partial charge in [-0.05, 0) is 67.2 Å². The molecule has 1 atom stereocenters. The summed E-state index contributed by atoms with van der Waals surface area (Å²) in [4.78, 5) is 29.5. The van der Waals surface area contributed by atoms with Gasteiger partial charge in [-0.15, -0.1) is 11.3 Å². The summed E-state index contributed by atoms with van der Waals surface area (Å²) in [6.45, 7) is -0.707. The van der Waals surface area contributed by atoms with E-state index < -0.39 is 22.4 Å². The first-order valence-electron chi connectivity index (χ1n) is 11.3. The van der Waals surface area contributed by atoms with E-state index in [0.29, 0.717) is 53.3 Å². The molecule has 0 bridgehead atoms. The van der Waals surface area contributed by atoms with Crippen LogP contribution in [0, 0.1) is 5.92 Å². The first-order valence-corrected chi connectivity index (χ1v) is 13.7. The average molecular weight is 489 g/mol. The van der Waals surface area contributed by atoms with Crippen LogP contribution < -0.4 is 5.32 Å². The van der Waals surface area contributed by atoms with Gasteiger partial charge < -0.3 is 0 Å². The van der Waals surface area contributed by atoms with Gasteiger partial charge in [0.1, 0.15) is 12.5 Å². The number of sulfone groups is 1. The molecule has 3 aliphatic carbocycles. The molecule has 1 heterocycles. The van der Waals surface area contributed by atoms with Gasteiger partial charge in [-0.2, -0.15) is 0 Å². The molecule has 174 valence electrons. The Kier molecular flexibility index (Phi) is 5.95. The molecule has 0 radical (unpaired) electrons. The summed E-state index contributed by atoms with van der Waals surface area (Å²) in [7, 11) is -3.35. The number of ketones is 1. The van der Waals surface area contributed by atoms with Gasteiger partial charge in [0.05, 0.1) is 15.8 Å². The maximum Gasteiger partial charge on any atom is 0.257 e. The Morgan fingerprint density at radius 3 is 2.61 bits per heavy atom. The minimum atomic E-state index is -3.35. The molecule has 9 heteroatoms. The summed E-state index contributed by atoms with van der Waals surface area (Å²) in [5.41, 5.74) is 2.07. The van der Waals surface area contributed by atoms with Gasteiger partial charge in [0.25, 0.3) is 5.91 Å². The molecule has 3 fully saturated rings. The summed E-state index contributed by atoms with van der Waals surface area (Å²) in [5.74, 6) is -0.0752. The Hall–Kier alpha value is -2.39. The molecule has 2 aromatic rings. The molecule has 1 aromatic heterocycles. The van der Waals surface area contributed by atoms with Crippen molar-refractivity contribution in [2.24, 2.45) is 5.92 Å². The largest absolute Gasteiger partial charge is 0.300 e. The van der Waals surface area contributed by atoms with Crippen molar-refractivity contribution in [1.82, 2.24) is 4.98 Å². The van der Waals surface area contributed by atoms with E-state index >= 15 is 0 Å². The number of allylic oxidation sites excluding steroid dienone is 1. The Balaban J connectivity index is 1.51. The van der Waals surface area contributed by atoms with E-state index in [1.165, 1.54) is 0 Å². The van der Waals surface area contributed by atoms with Gasteiger partial charge in [0, 0.05) is 23.8 Å². The third-order valence-electron chi connectivity index (χ3n) is 6.45. The zero-order valence-corrected chi connectivity index (χ0v) is 19.7. The fraction of sp³-hybridized carbons (Fsp3) is 0.458. The van der Waals surface area contributed by atoms with Crippen LogP contribution in [0.4, 0.5) is 9.52 Å². The molecular weight excluding hydrogens is 463 g/mol. The summed E-state index contributed by atoms with van der Waals surface area (Å²) in [5, 5.41) is 4.31. The number of nitrogens with zero attached hydrogens (tertiary/aromatic N) is 1. The molecule has 6 nitrogen and oxygen atoms in total. The number of halogens is 1. The number of hydrogen-bond acceptors (Lipinski definition) is 6. The second kappa shape index (κ2) is 8.76. The van der Waals surface area contributed by atoms with E-state index in [-0.39, 0.29) is 28.6 Å². The fourth-order valence-corrected chi connectivity index (χ4v) is 6.97. The zero-order valence-electron chi connectivity index (χ0n) is 18.1. The number of carbonyl (C=O) groups excluding carboxylic acids is 2. The number of aromatic nitrogens is 1. The maximum atomic E-state index is 13.3. The molecular formula is C24H25FN2O4S2. The minimum absolute atomic E-state index is 0.0461. The molecule has 1 aromatic carbocycles. The summed E-state index contributed by atoms with van der Waals surface area (Å²) in [6.07, 6.45) is 6.66. The lowest BCUT2D eigenvalue weighted by atomic mass is 9.96. The monoisotopic (exact) mass is 488 g/mol. The second-order valence-corrected chi connectivity index (χ2v) is 12.2. The predicted octanol–water partition coefficient (Wildman–Crippen LogP) is 4.82. The number of amides is 1. The normalized spacial score (nSPS) is 21.4. The number of hydrogen-bond donors (Lipinski definition) is 1. The molecule has 1 N–H and O–H groups in total. The number of rotatable bonds is 8. The van der Waals surface area contributed by atoms with Crippen molar-refractivity contribution >= 4 is 43.6 Å². The number of Topliss-reactive ketones (excluding diaryl/α,β-unsaturated/α-hetero) is 1. The van der Waals surface area contributed by atoms with Crippen molar-refractivity contribution in [3.05, 3.63) is 46.5 Å². The average Bonchev–Trinajstić information content (AvgIpc) is 3.72. The summed E-state index contributed by atoms with van der Waals surface area (Å²) < 4.78 is 38.8. The van der Waals surface area contributed by atoms with Crippen LogP contribution >= 0.6 is 11.3 Å². The minimum Gasteiger partial charge on any atom is -0.300 e. The second-order valence-electron chi connectivity index (χ2n) is 9.12. The van der Waals surface area contributed by atoms with E-state index in [9.17, 15) is 22.4 Å². The van der Waals surface area contributed by atoms with Crippen LogP contribution in [0.2, 0.25) is 0 Å². The van der Waals surface area contributed by atoms with Gasteiger partial charge in [0.2, 0.25) is 0 Å². The number of benzene rings is 1. The van der Waals surface area contributed by atoms with Crippen molar-refractivity contribution in [3.8, 4) is 0 Å². The van der Waals surface area contributed by atoms with Gasteiger partial charge >= 0.3 is 0 Å². The topological polar surface area (TPSA) is 93.2 Å². The molecule has 5 rings (SSSR count). The van der Waals surface area contributed by atoms with Crippen molar-refractivity contribution in [3.63, 3.8) is 0 Å². The van der Waals surface area contributed by atoms with Crippen LogP contribution in [0.5, 0.6) is 0 Å². The Bertz CT molecular complexity index is 1240. The maximum absolute atomic E-state index is 13.3. The number of alkyl halides is 1. The third-order valence-corrected chi connectivity index (χ3v) is 9.59. The Morgan fingerprint density at radius 2 is 2.00 bits per heavy atom. The predicted molar refractivity (Wildman–Crippen MR) is 125 cm³/mol. The highest BCUT2D eigenvalue weighted by atomic mass is 32.2. The van der Waals surface area contributed by atoms with E-state index in [2.05, 4.69) is 10.3 Å². The molecule has 1 amide bonds. The van der Waals surface area contributed by atoms with Crippen molar-refractivity contribution in [2.45, 2.75) is 67.7 Å². The number of carbonyl (C=O) groups is 2. The van der Waals surface area contributed by atoms with Crippen molar-refractivity contribution in [1.29, 1.82) is 0 Å². The number of thiazole rings is 1.